The molecular formula is C17H27N3O. The minimum Gasteiger partial charge on any atom is -0.349 e. The molecule has 1 aromatic carbocycles. The van der Waals surface area contributed by atoms with Gasteiger partial charge in [-0.05, 0) is 46.0 Å². The molecule has 21 heavy (non-hydrogen) atoms. The Hall–Kier alpha value is -1.39. The van der Waals surface area contributed by atoms with Crippen LogP contribution in [0.5, 0.6) is 0 Å². The molecule has 1 N–H and O–H groups in total. The van der Waals surface area contributed by atoms with E-state index in [2.05, 4.69) is 41.5 Å². The van der Waals surface area contributed by atoms with Gasteiger partial charge in [-0.3, -0.25) is 4.79 Å². The number of hydrogen-bond donors (Lipinski definition) is 1. The summed E-state index contributed by atoms with van der Waals surface area (Å²) in [6, 6.07) is 10.5. The van der Waals surface area contributed by atoms with Crippen molar-refractivity contribution in [1.82, 2.24) is 15.1 Å². The molecule has 0 radical (unpaired) electrons. The van der Waals surface area contributed by atoms with E-state index in [9.17, 15) is 4.79 Å². The van der Waals surface area contributed by atoms with Gasteiger partial charge in [0.25, 0.3) is 0 Å². The Bertz CT molecular complexity index is 450. The minimum atomic E-state index is -0.0963. The number of carbonyl (C=O) groups is 1. The zero-order valence-corrected chi connectivity index (χ0v) is 13.4. The number of benzene rings is 1. The second-order valence-corrected chi connectivity index (χ2v) is 6.53. The first-order chi connectivity index (χ1) is 9.99. The molecule has 4 heteroatoms. The molecule has 0 bridgehead atoms. The van der Waals surface area contributed by atoms with Gasteiger partial charge < -0.3 is 15.1 Å². The van der Waals surface area contributed by atoms with Crippen LogP contribution in [0.3, 0.4) is 0 Å². The van der Waals surface area contributed by atoms with Crippen molar-refractivity contribution in [3.8, 4) is 0 Å². The van der Waals surface area contributed by atoms with Gasteiger partial charge in [0.2, 0.25) is 5.91 Å². The summed E-state index contributed by atoms with van der Waals surface area (Å²) in [6.45, 7) is 2.52. The molecule has 2 rings (SSSR count). The highest BCUT2D eigenvalue weighted by atomic mass is 16.2. The summed E-state index contributed by atoms with van der Waals surface area (Å²) in [5.41, 5.74) is 1.20. The predicted octanol–water partition coefficient (Wildman–Crippen LogP) is 1.37. The van der Waals surface area contributed by atoms with Gasteiger partial charge >= 0.3 is 0 Å². The smallest absolute Gasteiger partial charge is 0.234 e. The Morgan fingerprint density at radius 3 is 2.43 bits per heavy atom. The maximum absolute atomic E-state index is 12.2. The molecule has 4 nitrogen and oxygen atoms in total. The van der Waals surface area contributed by atoms with E-state index in [1.807, 2.05) is 25.1 Å². The van der Waals surface area contributed by atoms with Crippen LogP contribution in [0.15, 0.2) is 30.3 Å². The van der Waals surface area contributed by atoms with Crippen molar-refractivity contribution in [2.75, 3.05) is 40.8 Å². The number of piperidine rings is 1. The summed E-state index contributed by atoms with van der Waals surface area (Å²) < 4.78 is 0. The quantitative estimate of drug-likeness (QED) is 0.889. The molecule has 0 saturated carbocycles. The average Bonchev–Trinajstić information content (AvgIpc) is 2.42. The van der Waals surface area contributed by atoms with Crippen molar-refractivity contribution in [3.63, 3.8) is 0 Å². The topological polar surface area (TPSA) is 35.6 Å². The summed E-state index contributed by atoms with van der Waals surface area (Å²) in [5.74, 6) is 0.125. The highest BCUT2D eigenvalue weighted by molar-refractivity contribution is 5.78. The van der Waals surface area contributed by atoms with Crippen molar-refractivity contribution in [1.29, 1.82) is 0 Å². The van der Waals surface area contributed by atoms with Gasteiger partial charge in [0.1, 0.15) is 0 Å². The summed E-state index contributed by atoms with van der Waals surface area (Å²) in [5, 5.41) is 3.33. The molecule has 0 aromatic heterocycles. The van der Waals surface area contributed by atoms with Crippen LogP contribution in [0.2, 0.25) is 0 Å². The SMILES string of the molecule is CN(C)CC(=O)NC1(Cc2ccccc2)CCN(C)CC1. The maximum atomic E-state index is 12.2. The van der Waals surface area contributed by atoms with Gasteiger partial charge in [-0.2, -0.15) is 0 Å². The number of amides is 1. The average molecular weight is 289 g/mol. The van der Waals surface area contributed by atoms with E-state index < -0.39 is 0 Å². The van der Waals surface area contributed by atoms with Crippen molar-refractivity contribution in [2.24, 2.45) is 0 Å². The second kappa shape index (κ2) is 7.05. The van der Waals surface area contributed by atoms with Gasteiger partial charge in [0, 0.05) is 18.6 Å². The van der Waals surface area contributed by atoms with E-state index in [0.717, 1.165) is 32.4 Å². The van der Waals surface area contributed by atoms with Crippen molar-refractivity contribution in [3.05, 3.63) is 35.9 Å². The van der Waals surface area contributed by atoms with E-state index in [-0.39, 0.29) is 11.4 Å². The van der Waals surface area contributed by atoms with E-state index in [4.69, 9.17) is 0 Å². The fourth-order valence-corrected chi connectivity index (χ4v) is 3.00. The second-order valence-electron chi connectivity index (χ2n) is 6.53. The number of rotatable bonds is 5. The van der Waals surface area contributed by atoms with Crippen molar-refractivity contribution < 1.29 is 4.79 Å². The Morgan fingerprint density at radius 1 is 1.24 bits per heavy atom. The Labute approximate surface area is 128 Å². The minimum absolute atomic E-state index is 0.0963. The predicted molar refractivity (Wildman–Crippen MR) is 86.3 cm³/mol. The van der Waals surface area contributed by atoms with E-state index in [1.54, 1.807) is 0 Å². The van der Waals surface area contributed by atoms with Gasteiger partial charge in [-0.25, -0.2) is 0 Å². The molecule has 1 aliphatic heterocycles. The first-order valence-electron chi connectivity index (χ1n) is 7.67. The summed E-state index contributed by atoms with van der Waals surface area (Å²) in [4.78, 5) is 16.5. The monoisotopic (exact) mass is 289 g/mol. The number of likely N-dealkylation sites (N-methyl/N-ethyl adjacent to an activating group) is 1. The molecule has 0 spiro atoms. The van der Waals surface area contributed by atoms with Gasteiger partial charge in [0.05, 0.1) is 6.54 Å². The molecule has 1 heterocycles. The summed E-state index contributed by atoms with van der Waals surface area (Å²) in [7, 11) is 6.00. The Morgan fingerprint density at radius 2 is 1.86 bits per heavy atom. The normalized spacial score (nSPS) is 18.7. The van der Waals surface area contributed by atoms with E-state index in [0.29, 0.717) is 6.54 Å². The zero-order chi connectivity index (χ0) is 15.3. The van der Waals surface area contributed by atoms with Crippen molar-refractivity contribution >= 4 is 5.91 Å². The number of likely N-dealkylation sites (tertiary alicyclic amines) is 1. The molecule has 116 valence electrons. The highest BCUT2D eigenvalue weighted by Crippen LogP contribution is 2.26. The Balaban J connectivity index is 2.09. The number of nitrogens with one attached hydrogen (secondary N) is 1. The molecule has 0 aliphatic carbocycles. The molecule has 1 saturated heterocycles. The third-order valence-electron chi connectivity index (χ3n) is 4.19. The van der Waals surface area contributed by atoms with Crippen LogP contribution >= 0.6 is 0 Å². The van der Waals surface area contributed by atoms with Gasteiger partial charge in [0.15, 0.2) is 0 Å². The molecule has 1 fully saturated rings. The largest absolute Gasteiger partial charge is 0.349 e. The van der Waals surface area contributed by atoms with Crippen LogP contribution in [-0.2, 0) is 11.2 Å². The fourth-order valence-electron chi connectivity index (χ4n) is 3.00. The molecule has 1 aliphatic rings. The fraction of sp³-hybridized carbons (Fsp3) is 0.588. The lowest BCUT2D eigenvalue weighted by Gasteiger charge is -2.41. The molecule has 1 aromatic rings. The third kappa shape index (κ3) is 4.83. The standard InChI is InChI=1S/C17H27N3O/c1-19(2)14-16(21)18-17(9-11-20(3)12-10-17)13-15-7-5-4-6-8-15/h4-8H,9-14H2,1-3H3,(H,18,21). The number of hydrogen-bond acceptors (Lipinski definition) is 3. The van der Waals surface area contributed by atoms with Gasteiger partial charge in [-0.1, -0.05) is 30.3 Å². The summed E-state index contributed by atoms with van der Waals surface area (Å²) in [6.07, 6.45) is 2.94. The lowest BCUT2D eigenvalue weighted by molar-refractivity contribution is -0.124. The lowest BCUT2D eigenvalue weighted by atomic mass is 9.81. The lowest BCUT2D eigenvalue weighted by Crippen LogP contribution is -2.57. The van der Waals surface area contributed by atoms with Gasteiger partial charge in [-0.15, -0.1) is 0 Å². The van der Waals surface area contributed by atoms with Crippen LogP contribution in [0.1, 0.15) is 18.4 Å². The van der Waals surface area contributed by atoms with Crippen LogP contribution in [-0.4, -0.2) is 62.0 Å². The van der Waals surface area contributed by atoms with Crippen LogP contribution in [0.25, 0.3) is 0 Å². The first-order valence-corrected chi connectivity index (χ1v) is 7.67. The van der Waals surface area contributed by atoms with E-state index in [1.165, 1.54) is 5.56 Å². The van der Waals surface area contributed by atoms with E-state index >= 15 is 0 Å². The van der Waals surface area contributed by atoms with Crippen LogP contribution in [0, 0.1) is 0 Å². The Kier molecular flexibility index (Phi) is 5.37. The molecular weight excluding hydrogens is 262 g/mol. The van der Waals surface area contributed by atoms with Crippen molar-refractivity contribution in [2.45, 2.75) is 24.8 Å². The highest BCUT2D eigenvalue weighted by Gasteiger charge is 2.35. The molecule has 1 amide bonds. The number of nitrogens with zero attached hydrogens (tertiary/aromatic N) is 2. The maximum Gasteiger partial charge on any atom is 0.234 e. The van der Waals surface area contributed by atoms with Crippen LogP contribution in [0.4, 0.5) is 0 Å². The summed E-state index contributed by atoms with van der Waals surface area (Å²) >= 11 is 0. The molecule has 0 atom stereocenters. The molecule has 0 unspecified atom stereocenters. The third-order valence-corrected chi connectivity index (χ3v) is 4.19. The zero-order valence-electron chi connectivity index (χ0n) is 13.4. The first kappa shape index (κ1) is 16.0. The number of carbonyl (C=O) groups excluding carboxylic acids is 1. The van der Waals surface area contributed by atoms with Crippen LogP contribution < -0.4 is 5.32 Å².